The number of ether oxygens (including phenoxy) is 1. The van der Waals surface area contributed by atoms with Gasteiger partial charge in [-0.25, -0.2) is 17.8 Å². The molecule has 5 nitrogen and oxygen atoms in total. The van der Waals surface area contributed by atoms with Gasteiger partial charge in [0.05, 0.1) is 23.0 Å². The highest BCUT2D eigenvalue weighted by atomic mass is 35.5. The molecule has 11 heteroatoms. The zero-order valence-electron chi connectivity index (χ0n) is 12.9. The van der Waals surface area contributed by atoms with Gasteiger partial charge in [0.1, 0.15) is 17.5 Å². The zero-order chi connectivity index (χ0) is 19.1. The van der Waals surface area contributed by atoms with Crippen molar-refractivity contribution in [3.63, 3.8) is 0 Å². The summed E-state index contributed by atoms with van der Waals surface area (Å²) in [6.07, 6.45) is -4.26. The molecule has 26 heavy (non-hydrogen) atoms. The van der Waals surface area contributed by atoms with Crippen LogP contribution in [0.5, 0.6) is 5.88 Å². The minimum atomic E-state index is -4.63. The number of benzene rings is 1. The molecule has 0 atom stereocenters. The third-order valence-corrected chi connectivity index (χ3v) is 5.82. The molecule has 0 spiro atoms. The van der Waals surface area contributed by atoms with Gasteiger partial charge in [-0.3, -0.25) is 0 Å². The van der Waals surface area contributed by atoms with Gasteiger partial charge in [-0.15, -0.1) is 0 Å². The van der Waals surface area contributed by atoms with Crippen LogP contribution in [0.15, 0.2) is 41.4 Å². The lowest BCUT2D eigenvalue weighted by molar-refractivity contribution is -0.140. The lowest BCUT2D eigenvalue weighted by Crippen LogP contribution is -2.56. The van der Waals surface area contributed by atoms with Crippen LogP contribution < -0.4 is 4.74 Å². The van der Waals surface area contributed by atoms with Crippen molar-refractivity contribution in [2.45, 2.75) is 17.2 Å². The summed E-state index contributed by atoms with van der Waals surface area (Å²) in [6.45, 7) is -0.323. The third-order valence-electron chi connectivity index (χ3n) is 3.70. The van der Waals surface area contributed by atoms with E-state index in [1.807, 2.05) is 0 Å². The van der Waals surface area contributed by atoms with Crippen molar-refractivity contribution in [1.29, 1.82) is 0 Å². The minimum Gasteiger partial charge on any atom is -0.471 e. The van der Waals surface area contributed by atoms with Crippen LogP contribution in [0.1, 0.15) is 5.56 Å². The van der Waals surface area contributed by atoms with Gasteiger partial charge in [-0.2, -0.15) is 17.5 Å². The number of hydrogen-bond acceptors (Lipinski definition) is 4. The standard InChI is InChI=1S/C15H11ClF4N2O3S/c16-12-6-10(3-4-13(12)17)26(23,24)22-7-9(8-22)25-14-11(15(18,19)20)2-1-5-21-14/h1-6,9H,7-8H2. The summed E-state index contributed by atoms with van der Waals surface area (Å²) in [5.74, 6) is -1.36. The van der Waals surface area contributed by atoms with Crippen LogP contribution >= 0.6 is 11.6 Å². The Balaban J connectivity index is 1.71. The summed E-state index contributed by atoms with van der Waals surface area (Å²) in [6, 6.07) is 4.92. The van der Waals surface area contributed by atoms with Crippen LogP contribution in [0.3, 0.4) is 0 Å². The molecule has 2 aromatic rings. The van der Waals surface area contributed by atoms with Crippen molar-refractivity contribution in [2.24, 2.45) is 0 Å². The number of rotatable bonds is 4. The van der Waals surface area contributed by atoms with Crippen molar-refractivity contribution in [3.8, 4) is 5.88 Å². The Labute approximate surface area is 151 Å². The van der Waals surface area contributed by atoms with Crippen LogP contribution in [0.2, 0.25) is 5.02 Å². The van der Waals surface area contributed by atoms with Crippen LogP contribution in [0.25, 0.3) is 0 Å². The van der Waals surface area contributed by atoms with E-state index in [9.17, 15) is 26.0 Å². The molecule has 1 aromatic heterocycles. The molecule has 140 valence electrons. The van der Waals surface area contributed by atoms with Gasteiger partial charge < -0.3 is 4.74 Å². The number of nitrogens with zero attached hydrogens (tertiary/aromatic N) is 2. The molecule has 0 N–H and O–H groups in total. The Bertz CT molecular complexity index is 931. The molecule has 1 aromatic carbocycles. The Hall–Kier alpha value is -1.91. The van der Waals surface area contributed by atoms with Gasteiger partial charge in [0.2, 0.25) is 15.9 Å². The molecule has 1 saturated heterocycles. The number of hydrogen-bond donors (Lipinski definition) is 0. The summed E-state index contributed by atoms with van der Waals surface area (Å²) in [5, 5.41) is -0.345. The van der Waals surface area contributed by atoms with Crippen molar-refractivity contribution in [2.75, 3.05) is 13.1 Å². The van der Waals surface area contributed by atoms with E-state index >= 15 is 0 Å². The molecule has 0 aliphatic carbocycles. The van der Waals surface area contributed by atoms with Crippen LogP contribution in [-0.4, -0.2) is 36.9 Å². The first kappa shape index (κ1) is 18.9. The minimum absolute atomic E-state index is 0.162. The van der Waals surface area contributed by atoms with E-state index in [1.54, 1.807) is 0 Å². The van der Waals surface area contributed by atoms with Gasteiger partial charge in [-0.1, -0.05) is 11.6 Å². The first-order valence-corrected chi connectivity index (χ1v) is 9.05. The van der Waals surface area contributed by atoms with E-state index in [4.69, 9.17) is 16.3 Å². The van der Waals surface area contributed by atoms with E-state index in [0.29, 0.717) is 0 Å². The van der Waals surface area contributed by atoms with Crippen molar-refractivity contribution >= 4 is 21.6 Å². The second kappa shape index (κ2) is 6.67. The number of aromatic nitrogens is 1. The largest absolute Gasteiger partial charge is 0.471 e. The Morgan fingerprint density at radius 1 is 1.23 bits per heavy atom. The second-order valence-electron chi connectivity index (χ2n) is 5.49. The fourth-order valence-electron chi connectivity index (χ4n) is 2.32. The first-order chi connectivity index (χ1) is 12.1. The summed E-state index contributed by atoms with van der Waals surface area (Å²) >= 11 is 5.58. The van der Waals surface area contributed by atoms with E-state index in [1.165, 1.54) is 0 Å². The Morgan fingerprint density at radius 3 is 2.54 bits per heavy atom. The molecular weight excluding hydrogens is 400 g/mol. The Kier molecular flexibility index (Phi) is 4.84. The number of halogens is 5. The average Bonchev–Trinajstić information content (AvgIpc) is 2.52. The Morgan fingerprint density at radius 2 is 1.92 bits per heavy atom. The van der Waals surface area contributed by atoms with Crippen molar-refractivity contribution in [1.82, 2.24) is 9.29 Å². The highest BCUT2D eigenvalue weighted by molar-refractivity contribution is 7.89. The molecule has 0 bridgehead atoms. The van der Waals surface area contributed by atoms with Gasteiger partial charge >= 0.3 is 6.18 Å². The molecule has 1 fully saturated rings. The zero-order valence-corrected chi connectivity index (χ0v) is 14.4. The maximum Gasteiger partial charge on any atom is 0.421 e. The molecule has 3 rings (SSSR count). The van der Waals surface area contributed by atoms with E-state index in [0.717, 1.165) is 40.8 Å². The van der Waals surface area contributed by atoms with Crippen LogP contribution in [0, 0.1) is 5.82 Å². The summed E-state index contributed by atoms with van der Waals surface area (Å²) < 4.78 is 82.9. The monoisotopic (exact) mass is 410 g/mol. The highest BCUT2D eigenvalue weighted by Gasteiger charge is 2.41. The predicted molar refractivity (Wildman–Crippen MR) is 83.8 cm³/mol. The van der Waals surface area contributed by atoms with Crippen LogP contribution in [0.4, 0.5) is 17.6 Å². The second-order valence-corrected chi connectivity index (χ2v) is 7.84. The molecule has 1 aliphatic rings. The summed E-state index contributed by atoms with van der Waals surface area (Å²) in [7, 11) is -3.95. The van der Waals surface area contributed by atoms with Gasteiger partial charge in [0.25, 0.3) is 0 Å². The molecule has 0 amide bonds. The summed E-state index contributed by atoms with van der Waals surface area (Å²) in [4.78, 5) is 3.35. The molecule has 0 radical (unpaired) electrons. The smallest absolute Gasteiger partial charge is 0.421 e. The third kappa shape index (κ3) is 3.62. The fourth-order valence-corrected chi connectivity index (χ4v) is 4.09. The highest BCUT2D eigenvalue weighted by Crippen LogP contribution is 2.36. The average molecular weight is 411 g/mol. The predicted octanol–water partition coefficient (Wildman–Crippen LogP) is 3.34. The topological polar surface area (TPSA) is 59.5 Å². The summed E-state index contributed by atoms with van der Waals surface area (Å²) in [5.41, 5.74) is -1.04. The molecular formula is C15H11ClF4N2O3S. The van der Waals surface area contributed by atoms with E-state index in [2.05, 4.69) is 4.98 Å². The van der Waals surface area contributed by atoms with Crippen molar-refractivity contribution in [3.05, 3.63) is 52.9 Å². The van der Waals surface area contributed by atoms with E-state index < -0.39 is 39.6 Å². The number of alkyl halides is 3. The quantitative estimate of drug-likeness (QED) is 0.725. The molecule has 1 aliphatic heterocycles. The number of pyridine rings is 1. The maximum absolute atomic E-state index is 13.2. The molecule has 0 saturated carbocycles. The number of sulfonamides is 1. The molecule has 2 heterocycles. The first-order valence-electron chi connectivity index (χ1n) is 7.23. The normalized spacial score (nSPS) is 16.3. The fraction of sp³-hybridized carbons (Fsp3) is 0.267. The maximum atomic E-state index is 13.2. The van der Waals surface area contributed by atoms with Gasteiger partial charge in [0.15, 0.2) is 0 Å². The lowest BCUT2D eigenvalue weighted by atomic mass is 10.2. The van der Waals surface area contributed by atoms with Crippen molar-refractivity contribution < 1.29 is 30.7 Å². The molecule has 0 unspecified atom stereocenters. The van der Waals surface area contributed by atoms with Gasteiger partial charge in [0, 0.05) is 6.20 Å². The lowest BCUT2D eigenvalue weighted by Gasteiger charge is -2.37. The SMILES string of the molecule is O=S(=O)(c1ccc(F)c(Cl)c1)N1CC(Oc2ncccc2C(F)(F)F)C1. The van der Waals surface area contributed by atoms with E-state index in [-0.39, 0.29) is 23.0 Å². The van der Waals surface area contributed by atoms with Gasteiger partial charge in [-0.05, 0) is 30.3 Å². The van der Waals surface area contributed by atoms with Crippen LogP contribution in [-0.2, 0) is 16.2 Å².